The van der Waals surface area contributed by atoms with Gasteiger partial charge in [0.25, 0.3) is 0 Å². The first-order chi connectivity index (χ1) is 14.0. The molecule has 1 atom stereocenters. The van der Waals surface area contributed by atoms with Crippen molar-refractivity contribution in [1.82, 2.24) is 15.1 Å². The van der Waals surface area contributed by atoms with Gasteiger partial charge in [-0.15, -0.1) is 0 Å². The summed E-state index contributed by atoms with van der Waals surface area (Å²) >= 11 is 0. The highest BCUT2D eigenvalue weighted by atomic mass is 19.1. The fourth-order valence-electron chi connectivity index (χ4n) is 3.07. The topological polar surface area (TPSA) is 65.4 Å². The molecular formula is C22H24FN3O3. The maximum atomic E-state index is 13.1. The second kappa shape index (κ2) is 9.23. The van der Waals surface area contributed by atoms with Crippen LogP contribution in [0.25, 0.3) is 5.69 Å². The van der Waals surface area contributed by atoms with Crippen LogP contribution in [0.4, 0.5) is 4.39 Å². The number of nitrogens with zero attached hydrogens (tertiary/aromatic N) is 2. The van der Waals surface area contributed by atoms with Crippen LogP contribution < -0.4 is 14.8 Å². The van der Waals surface area contributed by atoms with Gasteiger partial charge in [0.1, 0.15) is 5.82 Å². The highest BCUT2D eigenvalue weighted by Gasteiger charge is 2.16. The Morgan fingerprint density at radius 3 is 2.55 bits per heavy atom. The van der Waals surface area contributed by atoms with Crippen LogP contribution in [0.1, 0.15) is 30.6 Å². The van der Waals surface area contributed by atoms with Gasteiger partial charge < -0.3 is 14.8 Å². The summed E-state index contributed by atoms with van der Waals surface area (Å²) < 4.78 is 25.7. The maximum Gasteiger partial charge on any atom is 0.223 e. The largest absolute Gasteiger partial charge is 0.493 e. The Bertz CT molecular complexity index is 970. The average molecular weight is 397 g/mol. The summed E-state index contributed by atoms with van der Waals surface area (Å²) in [7, 11) is 1.57. The molecule has 6 nitrogen and oxygen atoms in total. The van der Waals surface area contributed by atoms with E-state index in [0.29, 0.717) is 11.5 Å². The number of ether oxygens (including phenoxy) is 2. The minimum absolute atomic E-state index is 0.124. The molecule has 0 aliphatic rings. The lowest BCUT2D eigenvalue weighted by Gasteiger charge is -2.15. The lowest BCUT2D eigenvalue weighted by Crippen LogP contribution is -2.28. The number of rotatable bonds is 8. The Morgan fingerprint density at radius 1 is 1.17 bits per heavy atom. The summed E-state index contributed by atoms with van der Waals surface area (Å²) in [5.74, 6) is 0.813. The molecule has 0 saturated heterocycles. The fourth-order valence-corrected chi connectivity index (χ4v) is 3.07. The van der Waals surface area contributed by atoms with Crippen LogP contribution in [0.15, 0.2) is 54.7 Å². The summed E-state index contributed by atoms with van der Waals surface area (Å²) in [5.41, 5.74) is 2.54. The van der Waals surface area contributed by atoms with Gasteiger partial charge in [0, 0.05) is 11.3 Å². The average Bonchev–Trinajstić information content (AvgIpc) is 3.10. The number of halogens is 1. The zero-order valence-electron chi connectivity index (χ0n) is 16.7. The normalized spacial score (nSPS) is 11.7. The van der Waals surface area contributed by atoms with Crippen LogP contribution in [0, 0.1) is 12.7 Å². The molecule has 29 heavy (non-hydrogen) atoms. The van der Waals surface area contributed by atoms with E-state index in [1.54, 1.807) is 42.3 Å². The molecule has 1 N–H and O–H groups in total. The van der Waals surface area contributed by atoms with Crippen molar-refractivity contribution >= 4 is 5.91 Å². The van der Waals surface area contributed by atoms with E-state index in [1.807, 2.05) is 26.0 Å². The third-order valence-corrected chi connectivity index (χ3v) is 4.62. The SMILES string of the molecule is COc1ccccc1OCCC(=O)NC(C)c1cnn(-c2ccc(F)cc2)c1C. The number of methoxy groups -OCH3 is 1. The van der Waals surface area contributed by atoms with Crippen molar-refractivity contribution in [3.05, 3.63) is 71.8 Å². The highest BCUT2D eigenvalue weighted by Crippen LogP contribution is 2.26. The van der Waals surface area contributed by atoms with E-state index in [4.69, 9.17) is 9.47 Å². The number of hydrogen-bond acceptors (Lipinski definition) is 4. The van der Waals surface area contributed by atoms with E-state index in [2.05, 4.69) is 10.4 Å². The van der Waals surface area contributed by atoms with Gasteiger partial charge >= 0.3 is 0 Å². The molecule has 0 bridgehead atoms. The highest BCUT2D eigenvalue weighted by molar-refractivity contribution is 5.76. The fraction of sp³-hybridized carbons (Fsp3) is 0.273. The minimum Gasteiger partial charge on any atom is -0.493 e. The molecule has 3 aromatic rings. The maximum absolute atomic E-state index is 13.1. The van der Waals surface area contributed by atoms with Crippen molar-refractivity contribution in [2.75, 3.05) is 13.7 Å². The number of aromatic nitrogens is 2. The first-order valence-electron chi connectivity index (χ1n) is 9.35. The van der Waals surface area contributed by atoms with E-state index in [-0.39, 0.29) is 30.8 Å². The van der Waals surface area contributed by atoms with Gasteiger partial charge in [-0.2, -0.15) is 5.10 Å². The molecule has 7 heteroatoms. The third-order valence-electron chi connectivity index (χ3n) is 4.62. The second-order valence-corrected chi connectivity index (χ2v) is 6.61. The van der Waals surface area contributed by atoms with Gasteiger partial charge in [-0.3, -0.25) is 4.79 Å². The first-order valence-corrected chi connectivity index (χ1v) is 9.35. The van der Waals surface area contributed by atoms with Crippen LogP contribution in [0.2, 0.25) is 0 Å². The Balaban J connectivity index is 1.56. The van der Waals surface area contributed by atoms with Crippen molar-refractivity contribution in [2.24, 2.45) is 0 Å². The number of amides is 1. The minimum atomic E-state index is -0.297. The van der Waals surface area contributed by atoms with Gasteiger partial charge in [0.15, 0.2) is 11.5 Å². The van der Waals surface area contributed by atoms with Gasteiger partial charge in [-0.1, -0.05) is 12.1 Å². The third kappa shape index (κ3) is 4.93. The van der Waals surface area contributed by atoms with E-state index >= 15 is 0 Å². The molecule has 0 fully saturated rings. The lowest BCUT2D eigenvalue weighted by atomic mass is 10.1. The molecule has 152 valence electrons. The molecule has 1 unspecified atom stereocenters. The molecule has 0 saturated carbocycles. The lowest BCUT2D eigenvalue weighted by molar-refractivity contribution is -0.122. The summed E-state index contributed by atoms with van der Waals surface area (Å²) in [5, 5.41) is 7.33. The van der Waals surface area contributed by atoms with Crippen LogP contribution in [-0.4, -0.2) is 29.4 Å². The van der Waals surface area contributed by atoms with Crippen molar-refractivity contribution < 1.29 is 18.7 Å². The molecular weight excluding hydrogens is 373 g/mol. The molecule has 2 aromatic carbocycles. The Hall–Kier alpha value is -3.35. The Morgan fingerprint density at radius 2 is 1.86 bits per heavy atom. The number of nitrogens with one attached hydrogen (secondary N) is 1. The summed E-state index contributed by atoms with van der Waals surface area (Å²) in [6.45, 7) is 4.06. The van der Waals surface area contributed by atoms with E-state index < -0.39 is 0 Å². The van der Waals surface area contributed by atoms with Crippen LogP contribution in [-0.2, 0) is 4.79 Å². The zero-order valence-corrected chi connectivity index (χ0v) is 16.7. The number of carbonyl (C=O) groups excluding carboxylic acids is 1. The van der Waals surface area contributed by atoms with Crippen LogP contribution in [0.3, 0.4) is 0 Å². The summed E-state index contributed by atoms with van der Waals surface area (Å²) in [6, 6.07) is 13.2. The van der Waals surface area contributed by atoms with Crippen molar-refractivity contribution in [3.8, 4) is 17.2 Å². The number of hydrogen-bond donors (Lipinski definition) is 1. The number of carbonyl (C=O) groups is 1. The van der Waals surface area contributed by atoms with Crippen LogP contribution in [0.5, 0.6) is 11.5 Å². The van der Waals surface area contributed by atoms with E-state index in [9.17, 15) is 9.18 Å². The van der Waals surface area contributed by atoms with Crippen molar-refractivity contribution in [3.63, 3.8) is 0 Å². The monoisotopic (exact) mass is 397 g/mol. The molecule has 0 spiro atoms. The van der Waals surface area contributed by atoms with Gasteiger partial charge in [0.2, 0.25) is 5.91 Å². The van der Waals surface area contributed by atoms with Gasteiger partial charge in [-0.05, 0) is 50.2 Å². The van der Waals surface area contributed by atoms with Gasteiger partial charge in [0.05, 0.1) is 38.1 Å². The molecule has 3 rings (SSSR count). The molecule has 1 heterocycles. The molecule has 0 radical (unpaired) electrons. The molecule has 1 aromatic heterocycles. The standard InChI is InChI=1S/C22H24FN3O3/c1-15(19-14-24-26(16(19)2)18-10-8-17(23)9-11-18)25-22(27)12-13-29-21-7-5-4-6-20(21)28-3/h4-11,14-15H,12-13H2,1-3H3,(H,25,27). The quantitative estimate of drug-likeness (QED) is 0.625. The number of para-hydroxylation sites is 2. The van der Waals surface area contributed by atoms with E-state index in [0.717, 1.165) is 16.9 Å². The van der Waals surface area contributed by atoms with E-state index in [1.165, 1.54) is 12.1 Å². The number of benzene rings is 2. The summed E-state index contributed by atoms with van der Waals surface area (Å²) in [6.07, 6.45) is 1.93. The molecule has 0 aliphatic heterocycles. The molecule has 0 aliphatic carbocycles. The Kier molecular flexibility index (Phi) is 6.49. The summed E-state index contributed by atoms with van der Waals surface area (Å²) in [4.78, 5) is 12.3. The van der Waals surface area contributed by atoms with Crippen molar-refractivity contribution in [2.45, 2.75) is 26.3 Å². The second-order valence-electron chi connectivity index (χ2n) is 6.61. The Labute approximate surface area is 169 Å². The smallest absolute Gasteiger partial charge is 0.223 e. The van der Waals surface area contributed by atoms with Gasteiger partial charge in [-0.25, -0.2) is 9.07 Å². The predicted molar refractivity (Wildman–Crippen MR) is 108 cm³/mol. The predicted octanol–water partition coefficient (Wildman–Crippen LogP) is 3.97. The molecule has 1 amide bonds. The van der Waals surface area contributed by atoms with Crippen LogP contribution >= 0.6 is 0 Å². The van der Waals surface area contributed by atoms with Crippen molar-refractivity contribution in [1.29, 1.82) is 0 Å². The first kappa shape index (κ1) is 20.4. The zero-order chi connectivity index (χ0) is 20.8.